The van der Waals surface area contributed by atoms with Crippen LogP contribution in [0.4, 0.5) is 5.82 Å². The summed E-state index contributed by atoms with van der Waals surface area (Å²) in [6, 6.07) is 1.89. The summed E-state index contributed by atoms with van der Waals surface area (Å²) in [6.07, 6.45) is 4.19. The van der Waals surface area contributed by atoms with Crippen LogP contribution in [-0.2, 0) is 0 Å². The Labute approximate surface area is 139 Å². The Balaban J connectivity index is 1.64. The van der Waals surface area contributed by atoms with E-state index < -0.39 is 5.60 Å². The van der Waals surface area contributed by atoms with Crippen molar-refractivity contribution < 1.29 is 14.3 Å². The van der Waals surface area contributed by atoms with Gasteiger partial charge in [-0.3, -0.25) is 4.79 Å². The molecular formula is C16H21N5O3. The Kier molecular flexibility index (Phi) is 4.48. The normalized spacial score (nSPS) is 20.9. The van der Waals surface area contributed by atoms with Crippen LogP contribution >= 0.6 is 0 Å². The summed E-state index contributed by atoms with van der Waals surface area (Å²) >= 11 is 0. The summed E-state index contributed by atoms with van der Waals surface area (Å²) in [5.74, 6) is 0.601. The third-order valence-corrected chi connectivity index (χ3v) is 4.20. The molecule has 1 aliphatic rings. The molecule has 1 fully saturated rings. The average molecular weight is 331 g/mol. The lowest BCUT2D eigenvalue weighted by Gasteiger charge is -2.39. The molecule has 8 heteroatoms. The molecule has 0 bridgehead atoms. The van der Waals surface area contributed by atoms with Gasteiger partial charge in [-0.15, -0.1) is 0 Å². The first kappa shape index (κ1) is 16.4. The van der Waals surface area contributed by atoms with Gasteiger partial charge in [0.05, 0.1) is 11.3 Å². The number of amides is 1. The van der Waals surface area contributed by atoms with Gasteiger partial charge in [0.15, 0.2) is 6.39 Å². The Hall–Kier alpha value is -2.48. The molecule has 2 aromatic heterocycles. The summed E-state index contributed by atoms with van der Waals surface area (Å²) in [5.41, 5.74) is 0.394. The van der Waals surface area contributed by atoms with Crippen LogP contribution in [0.5, 0.6) is 0 Å². The largest absolute Gasteiger partial charge is 0.438 e. The van der Waals surface area contributed by atoms with Crippen molar-refractivity contribution in [1.82, 2.24) is 20.3 Å². The van der Waals surface area contributed by atoms with Gasteiger partial charge in [0.2, 0.25) is 5.76 Å². The highest BCUT2D eigenvalue weighted by Gasteiger charge is 2.34. The van der Waals surface area contributed by atoms with E-state index in [-0.39, 0.29) is 18.2 Å². The molecule has 2 N–H and O–H groups in total. The van der Waals surface area contributed by atoms with E-state index in [1.54, 1.807) is 6.92 Å². The fourth-order valence-corrected chi connectivity index (χ4v) is 2.91. The van der Waals surface area contributed by atoms with Crippen molar-refractivity contribution in [3.05, 3.63) is 35.9 Å². The van der Waals surface area contributed by atoms with Crippen molar-refractivity contribution in [2.45, 2.75) is 32.3 Å². The molecule has 0 saturated carbocycles. The van der Waals surface area contributed by atoms with Gasteiger partial charge in [0.25, 0.3) is 5.91 Å². The predicted molar refractivity (Wildman–Crippen MR) is 86.7 cm³/mol. The zero-order valence-corrected chi connectivity index (χ0v) is 13.8. The van der Waals surface area contributed by atoms with E-state index >= 15 is 0 Å². The van der Waals surface area contributed by atoms with Gasteiger partial charge >= 0.3 is 0 Å². The first-order valence-electron chi connectivity index (χ1n) is 7.91. The first-order valence-corrected chi connectivity index (χ1v) is 7.91. The lowest BCUT2D eigenvalue weighted by Crippen LogP contribution is -2.54. The third-order valence-electron chi connectivity index (χ3n) is 4.20. The lowest BCUT2D eigenvalue weighted by atomic mass is 9.92. The Morgan fingerprint density at radius 3 is 2.96 bits per heavy atom. The number of nitrogens with zero attached hydrogens (tertiary/aromatic N) is 4. The highest BCUT2D eigenvalue weighted by Crippen LogP contribution is 2.24. The maximum absolute atomic E-state index is 12.1. The highest BCUT2D eigenvalue weighted by molar-refractivity contribution is 5.92. The van der Waals surface area contributed by atoms with Crippen molar-refractivity contribution >= 4 is 11.7 Å². The number of anilines is 1. The summed E-state index contributed by atoms with van der Waals surface area (Å²) in [7, 11) is 0. The number of carbonyl (C=O) groups is 1. The molecule has 1 atom stereocenters. The van der Waals surface area contributed by atoms with Gasteiger partial charge in [-0.2, -0.15) is 0 Å². The third kappa shape index (κ3) is 3.53. The van der Waals surface area contributed by atoms with Crippen LogP contribution < -0.4 is 10.2 Å². The van der Waals surface area contributed by atoms with E-state index in [2.05, 4.69) is 20.3 Å². The molecule has 2 aromatic rings. The minimum atomic E-state index is -1.01. The number of piperidine rings is 1. The van der Waals surface area contributed by atoms with E-state index in [4.69, 9.17) is 4.42 Å². The van der Waals surface area contributed by atoms with Crippen LogP contribution in [0.1, 0.15) is 34.8 Å². The molecule has 0 radical (unpaired) electrons. The zero-order chi connectivity index (χ0) is 17.2. The Morgan fingerprint density at radius 1 is 1.42 bits per heavy atom. The van der Waals surface area contributed by atoms with E-state index in [0.29, 0.717) is 18.7 Å². The summed E-state index contributed by atoms with van der Waals surface area (Å²) in [4.78, 5) is 26.4. The van der Waals surface area contributed by atoms with Crippen molar-refractivity contribution in [3.8, 4) is 0 Å². The Bertz CT molecular complexity index is 732. The lowest BCUT2D eigenvalue weighted by molar-refractivity contribution is 0.0250. The number of rotatable bonds is 4. The van der Waals surface area contributed by atoms with Crippen molar-refractivity contribution in [2.75, 3.05) is 24.5 Å². The predicted octanol–water partition coefficient (Wildman–Crippen LogP) is 0.843. The highest BCUT2D eigenvalue weighted by atomic mass is 16.3. The van der Waals surface area contributed by atoms with E-state index in [1.807, 2.05) is 17.9 Å². The van der Waals surface area contributed by atoms with Gasteiger partial charge in [-0.25, -0.2) is 15.0 Å². The molecule has 1 amide bonds. The fourth-order valence-electron chi connectivity index (χ4n) is 2.91. The molecule has 128 valence electrons. The molecule has 0 unspecified atom stereocenters. The molecule has 8 nitrogen and oxygen atoms in total. The molecule has 0 aliphatic carbocycles. The molecule has 24 heavy (non-hydrogen) atoms. The first-order chi connectivity index (χ1) is 11.5. The summed E-state index contributed by atoms with van der Waals surface area (Å²) in [5, 5.41) is 13.6. The SMILES string of the molecule is Cc1cc(N2CCC[C@](O)(CNC(=O)c3ocnc3C)C2)ncn1. The Morgan fingerprint density at radius 2 is 2.25 bits per heavy atom. The van der Waals surface area contributed by atoms with Gasteiger partial charge < -0.3 is 19.7 Å². The topological polar surface area (TPSA) is 104 Å². The van der Waals surface area contributed by atoms with Crippen LogP contribution in [0.2, 0.25) is 0 Å². The van der Waals surface area contributed by atoms with Gasteiger partial charge in [0, 0.05) is 31.4 Å². The fraction of sp³-hybridized carbons (Fsp3) is 0.500. The minimum Gasteiger partial charge on any atom is -0.438 e. The number of oxazole rings is 1. The second kappa shape index (κ2) is 6.56. The van der Waals surface area contributed by atoms with Crippen LogP contribution in [0, 0.1) is 13.8 Å². The van der Waals surface area contributed by atoms with E-state index in [0.717, 1.165) is 24.5 Å². The number of aliphatic hydroxyl groups is 1. The monoisotopic (exact) mass is 331 g/mol. The number of carbonyl (C=O) groups excluding carboxylic acids is 1. The zero-order valence-electron chi connectivity index (χ0n) is 13.8. The van der Waals surface area contributed by atoms with Crippen LogP contribution in [0.15, 0.2) is 23.2 Å². The number of hydrogen-bond donors (Lipinski definition) is 2. The maximum Gasteiger partial charge on any atom is 0.289 e. The maximum atomic E-state index is 12.1. The number of β-amino-alcohol motifs (C(OH)–C–C–N with tert-alkyl or cyclic N) is 1. The van der Waals surface area contributed by atoms with Crippen molar-refractivity contribution in [2.24, 2.45) is 0 Å². The standard InChI is InChI=1S/C16H21N5O3/c1-11-6-13(19-9-18-11)21-5-3-4-16(23,8-21)7-17-15(22)14-12(2)20-10-24-14/h6,9-10,23H,3-5,7-8H2,1-2H3,(H,17,22)/t16-/m0/s1. The van der Waals surface area contributed by atoms with Crippen molar-refractivity contribution in [1.29, 1.82) is 0 Å². The summed E-state index contributed by atoms with van der Waals surface area (Å²) < 4.78 is 5.07. The van der Waals surface area contributed by atoms with E-state index in [9.17, 15) is 9.90 Å². The van der Waals surface area contributed by atoms with Gasteiger partial charge in [0.1, 0.15) is 12.1 Å². The molecule has 0 spiro atoms. The molecular weight excluding hydrogens is 310 g/mol. The number of hydrogen-bond acceptors (Lipinski definition) is 7. The smallest absolute Gasteiger partial charge is 0.289 e. The van der Waals surface area contributed by atoms with Crippen LogP contribution in [0.3, 0.4) is 0 Å². The molecule has 0 aromatic carbocycles. The second-order valence-electron chi connectivity index (χ2n) is 6.22. The van der Waals surface area contributed by atoms with Crippen molar-refractivity contribution in [3.63, 3.8) is 0 Å². The average Bonchev–Trinajstić information content (AvgIpc) is 2.99. The van der Waals surface area contributed by atoms with Crippen LogP contribution in [0.25, 0.3) is 0 Å². The molecule has 3 heterocycles. The second-order valence-corrected chi connectivity index (χ2v) is 6.22. The number of aromatic nitrogens is 3. The molecule has 1 aliphatic heterocycles. The van der Waals surface area contributed by atoms with Crippen LogP contribution in [-0.4, -0.2) is 51.2 Å². The quantitative estimate of drug-likeness (QED) is 0.855. The van der Waals surface area contributed by atoms with E-state index in [1.165, 1.54) is 12.7 Å². The molecule has 3 rings (SSSR count). The van der Waals surface area contributed by atoms with Gasteiger partial charge in [-0.05, 0) is 26.7 Å². The summed E-state index contributed by atoms with van der Waals surface area (Å²) in [6.45, 7) is 4.97. The number of aryl methyl sites for hydroxylation is 2. The molecule has 1 saturated heterocycles. The van der Waals surface area contributed by atoms with Gasteiger partial charge in [-0.1, -0.05) is 0 Å². The minimum absolute atomic E-state index is 0.145. The number of nitrogens with one attached hydrogen (secondary N) is 1.